The number of pyridine rings is 1. The largest absolute Gasteiger partial charge is 0.497 e. The van der Waals surface area contributed by atoms with Gasteiger partial charge in [0.25, 0.3) is 0 Å². The summed E-state index contributed by atoms with van der Waals surface area (Å²) in [4.78, 5) is 5.43. The molecule has 6 heteroatoms. The Kier molecular flexibility index (Phi) is 5.99. The second-order valence-electron chi connectivity index (χ2n) is 4.62. The Morgan fingerprint density at radius 3 is 2.26 bits per heavy atom. The minimum absolute atomic E-state index is 0.539. The third kappa shape index (κ3) is 3.64. The molecular weight excluding hydrogens is 312 g/mol. The summed E-state index contributed by atoms with van der Waals surface area (Å²) in [6.45, 7) is 0. The number of hydrogen-bond donors (Lipinski definition) is 0. The smallest absolute Gasteiger partial charge is 0.200 e. The Hall–Kier alpha value is -2.07. The Balaban J connectivity index is 2.63. The first-order valence-corrected chi connectivity index (χ1v) is 8.10. The quantitative estimate of drug-likeness (QED) is 0.595. The summed E-state index contributed by atoms with van der Waals surface area (Å²) >= 11 is 1.49. The Bertz CT molecular complexity index is 707. The van der Waals surface area contributed by atoms with E-state index in [1.54, 1.807) is 21.3 Å². The maximum Gasteiger partial charge on any atom is 0.200 e. The van der Waals surface area contributed by atoms with E-state index in [1.165, 1.54) is 11.8 Å². The van der Waals surface area contributed by atoms with Crippen molar-refractivity contribution in [2.45, 2.75) is 11.2 Å². The SMILES string of the molecule is COc1ccc(-c2nc(C(OC)OC)cc(SC)c2C#N)cc1. The zero-order chi connectivity index (χ0) is 16.8. The minimum atomic E-state index is -0.578. The lowest BCUT2D eigenvalue weighted by molar-refractivity contribution is -0.108. The molecule has 120 valence electrons. The van der Waals surface area contributed by atoms with Gasteiger partial charge in [-0.15, -0.1) is 11.8 Å². The molecule has 0 atom stereocenters. The van der Waals surface area contributed by atoms with Crippen molar-refractivity contribution in [3.8, 4) is 23.1 Å². The van der Waals surface area contributed by atoms with E-state index in [0.29, 0.717) is 17.0 Å². The summed E-state index contributed by atoms with van der Waals surface area (Å²) < 4.78 is 15.8. The van der Waals surface area contributed by atoms with Gasteiger partial charge in [0.15, 0.2) is 0 Å². The molecule has 5 nitrogen and oxygen atoms in total. The molecule has 0 aliphatic heterocycles. The van der Waals surface area contributed by atoms with Gasteiger partial charge in [-0.1, -0.05) is 0 Å². The number of nitriles is 1. The van der Waals surface area contributed by atoms with Gasteiger partial charge in [-0.2, -0.15) is 5.26 Å². The van der Waals surface area contributed by atoms with E-state index in [0.717, 1.165) is 16.2 Å². The molecule has 0 unspecified atom stereocenters. The van der Waals surface area contributed by atoms with Crippen molar-refractivity contribution < 1.29 is 14.2 Å². The van der Waals surface area contributed by atoms with Gasteiger partial charge in [0.2, 0.25) is 6.29 Å². The number of methoxy groups -OCH3 is 3. The van der Waals surface area contributed by atoms with Crippen LogP contribution in [-0.4, -0.2) is 32.6 Å². The standard InChI is InChI=1S/C17H18N2O3S/c1-20-12-7-5-11(6-8-12)16-13(10-18)15(23-4)9-14(19-16)17(21-2)22-3/h5-9,17H,1-4H3. The number of aromatic nitrogens is 1. The number of nitrogens with zero attached hydrogens (tertiary/aromatic N) is 2. The number of benzene rings is 1. The molecule has 0 aliphatic carbocycles. The number of rotatable bonds is 6. The lowest BCUT2D eigenvalue weighted by Crippen LogP contribution is -2.08. The summed E-state index contributed by atoms with van der Waals surface area (Å²) in [5.41, 5.74) is 2.61. The van der Waals surface area contributed by atoms with E-state index < -0.39 is 6.29 Å². The fourth-order valence-electron chi connectivity index (χ4n) is 2.23. The Morgan fingerprint density at radius 1 is 1.13 bits per heavy atom. The molecule has 1 heterocycles. The Labute approximate surface area is 140 Å². The van der Waals surface area contributed by atoms with Gasteiger partial charge in [0, 0.05) is 24.7 Å². The summed E-state index contributed by atoms with van der Waals surface area (Å²) in [6, 6.07) is 11.5. The fraction of sp³-hybridized carbons (Fsp3) is 0.294. The van der Waals surface area contributed by atoms with Crippen LogP contribution in [0.3, 0.4) is 0 Å². The molecule has 0 saturated carbocycles. The van der Waals surface area contributed by atoms with E-state index in [9.17, 15) is 5.26 Å². The van der Waals surface area contributed by atoms with Gasteiger partial charge in [-0.05, 0) is 36.6 Å². The molecule has 1 aromatic heterocycles. The van der Waals surface area contributed by atoms with Crippen molar-refractivity contribution in [2.75, 3.05) is 27.6 Å². The van der Waals surface area contributed by atoms with Crippen LogP contribution in [0, 0.1) is 11.3 Å². The van der Waals surface area contributed by atoms with Crippen molar-refractivity contribution >= 4 is 11.8 Å². The number of hydrogen-bond acceptors (Lipinski definition) is 6. The van der Waals surface area contributed by atoms with E-state index in [2.05, 4.69) is 11.1 Å². The topological polar surface area (TPSA) is 64.4 Å². The van der Waals surface area contributed by atoms with E-state index in [1.807, 2.05) is 36.6 Å². The molecule has 2 aromatic rings. The molecular formula is C17H18N2O3S. The second kappa shape index (κ2) is 7.97. The second-order valence-corrected chi connectivity index (χ2v) is 5.46. The average Bonchev–Trinajstić information content (AvgIpc) is 2.62. The first kappa shape index (κ1) is 17.3. The highest BCUT2D eigenvalue weighted by molar-refractivity contribution is 7.98. The zero-order valence-electron chi connectivity index (χ0n) is 13.5. The predicted octanol–water partition coefficient (Wildman–Crippen LogP) is 3.64. The fourth-order valence-corrected chi connectivity index (χ4v) is 2.81. The van der Waals surface area contributed by atoms with Crippen molar-refractivity contribution in [1.29, 1.82) is 5.26 Å². The minimum Gasteiger partial charge on any atom is -0.497 e. The number of ether oxygens (including phenoxy) is 3. The van der Waals surface area contributed by atoms with Gasteiger partial charge in [0.1, 0.15) is 11.8 Å². The molecule has 0 N–H and O–H groups in total. The monoisotopic (exact) mass is 330 g/mol. The van der Waals surface area contributed by atoms with Crippen LogP contribution in [0.1, 0.15) is 17.5 Å². The van der Waals surface area contributed by atoms with Gasteiger partial charge in [-0.3, -0.25) is 0 Å². The normalized spacial score (nSPS) is 10.6. The lowest BCUT2D eigenvalue weighted by atomic mass is 10.1. The highest BCUT2D eigenvalue weighted by Gasteiger charge is 2.19. The molecule has 0 spiro atoms. The van der Waals surface area contributed by atoms with E-state index in [-0.39, 0.29) is 0 Å². The molecule has 0 amide bonds. The van der Waals surface area contributed by atoms with E-state index in [4.69, 9.17) is 14.2 Å². The van der Waals surface area contributed by atoms with Crippen LogP contribution in [0.4, 0.5) is 0 Å². The molecule has 1 aromatic carbocycles. The van der Waals surface area contributed by atoms with Gasteiger partial charge in [0.05, 0.1) is 24.1 Å². The molecule has 0 fully saturated rings. The van der Waals surface area contributed by atoms with Crippen molar-refractivity contribution in [2.24, 2.45) is 0 Å². The van der Waals surface area contributed by atoms with Crippen molar-refractivity contribution in [3.63, 3.8) is 0 Å². The molecule has 0 saturated heterocycles. The third-order valence-corrected chi connectivity index (χ3v) is 4.13. The van der Waals surface area contributed by atoms with Crippen LogP contribution in [0.5, 0.6) is 5.75 Å². The number of thioether (sulfide) groups is 1. The predicted molar refractivity (Wildman–Crippen MR) is 89.5 cm³/mol. The maximum atomic E-state index is 9.55. The molecule has 0 radical (unpaired) electrons. The van der Waals surface area contributed by atoms with Gasteiger partial charge < -0.3 is 14.2 Å². The summed E-state index contributed by atoms with van der Waals surface area (Å²) in [5.74, 6) is 0.750. The summed E-state index contributed by atoms with van der Waals surface area (Å²) in [6.07, 6.45) is 1.34. The molecule has 0 aliphatic rings. The average molecular weight is 330 g/mol. The Morgan fingerprint density at radius 2 is 1.78 bits per heavy atom. The van der Waals surface area contributed by atoms with Crippen LogP contribution < -0.4 is 4.74 Å². The lowest BCUT2D eigenvalue weighted by Gasteiger charge is -2.16. The van der Waals surface area contributed by atoms with Crippen LogP contribution in [0.15, 0.2) is 35.2 Å². The zero-order valence-corrected chi connectivity index (χ0v) is 14.3. The highest BCUT2D eigenvalue weighted by Crippen LogP contribution is 2.32. The highest BCUT2D eigenvalue weighted by atomic mass is 32.2. The van der Waals surface area contributed by atoms with Crippen molar-refractivity contribution in [3.05, 3.63) is 41.6 Å². The van der Waals surface area contributed by atoms with Crippen LogP contribution in [0.2, 0.25) is 0 Å². The molecule has 23 heavy (non-hydrogen) atoms. The van der Waals surface area contributed by atoms with Gasteiger partial charge >= 0.3 is 0 Å². The molecule has 2 rings (SSSR count). The summed E-state index contributed by atoms with van der Waals surface area (Å²) in [7, 11) is 4.72. The molecule has 0 bridgehead atoms. The van der Waals surface area contributed by atoms with Crippen LogP contribution in [0.25, 0.3) is 11.3 Å². The van der Waals surface area contributed by atoms with Crippen molar-refractivity contribution in [1.82, 2.24) is 4.98 Å². The van der Waals surface area contributed by atoms with E-state index >= 15 is 0 Å². The van der Waals surface area contributed by atoms with Gasteiger partial charge in [-0.25, -0.2) is 4.98 Å². The maximum absolute atomic E-state index is 9.55. The first-order chi connectivity index (χ1) is 11.2. The van der Waals surface area contributed by atoms with Crippen LogP contribution >= 0.6 is 11.8 Å². The third-order valence-electron chi connectivity index (χ3n) is 3.37. The first-order valence-electron chi connectivity index (χ1n) is 6.87. The summed E-state index contributed by atoms with van der Waals surface area (Å²) in [5, 5.41) is 9.55. The van der Waals surface area contributed by atoms with Crippen LogP contribution in [-0.2, 0) is 9.47 Å².